The summed E-state index contributed by atoms with van der Waals surface area (Å²) in [5.74, 6) is 0. The summed E-state index contributed by atoms with van der Waals surface area (Å²) in [6.45, 7) is 15.4. The van der Waals surface area contributed by atoms with Gasteiger partial charge in [0, 0.05) is 37.1 Å². The molecule has 108 valence electrons. The number of hydrogen-bond donors (Lipinski definition) is 1. The van der Waals surface area contributed by atoms with Crippen molar-refractivity contribution in [1.29, 1.82) is 0 Å². The molecule has 1 aliphatic rings. The largest absolute Gasteiger partial charge is 0.346 e. The van der Waals surface area contributed by atoms with E-state index in [0.29, 0.717) is 6.04 Å². The maximum Gasteiger partial charge on any atom is 0.185 e. The molecular formula is C14H26N4S. The first kappa shape index (κ1) is 14.8. The van der Waals surface area contributed by atoms with Crippen LogP contribution in [-0.4, -0.2) is 49.2 Å². The minimum Gasteiger partial charge on any atom is -0.346 e. The lowest BCUT2D eigenvalue weighted by atomic mass is 10.2. The van der Waals surface area contributed by atoms with Crippen LogP contribution >= 0.6 is 11.3 Å². The highest BCUT2D eigenvalue weighted by molar-refractivity contribution is 7.15. The maximum absolute atomic E-state index is 4.77. The van der Waals surface area contributed by atoms with Gasteiger partial charge in [-0.2, -0.15) is 0 Å². The fourth-order valence-electron chi connectivity index (χ4n) is 2.58. The van der Waals surface area contributed by atoms with E-state index >= 15 is 0 Å². The van der Waals surface area contributed by atoms with E-state index in [1.807, 2.05) is 11.3 Å². The van der Waals surface area contributed by atoms with Crippen LogP contribution in [-0.2, 0) is 0 Å². The molecule has 19 heavy (non-hydrogen) atoms. The molecule has 0 amide bonds. The summed E-state index contributed by atoms with van der Waals surface area (Å²) in [6, 6.07) is 0.410. The third-order valence-corrected chi connectivity index (χ3v) is 5.22. The number of nitrogens with zero attached hydrogens (tertiary/aromatic N) is 3. The molecule has 1 saturated heterocycles. The van der Waals surface area contributed by atoms with Crippen molar-refractivity contribution in [3.05, 3.63) is 10.6 Å². The summed E-state index contributed by atoms with van der Waals surface area (Å²) >= 11 is 1.86. The van der Waals surface area contributed by atoms with E-state index in [4.69, 9.17) is 4.98 Å². The highest BCUT2D eigenvalue weighted by atomic mass is 32.1. The molecule has 4 nitrogen and oxygen atoms in total. The Labute approximate surface area is 120 Å². The van der Waals surface area contributed by atoms with Gasteiger partial charge >= 0.3 is 0 Å². The van der Waals surface area contributed by atoms with Crippen molar-refractivity contribution >= 4 is 16.5 Å². The first-order valence-corrected chi connectivity index (χ1v) is 8.15. The molecule has 1 aromatic heterocycles. The number of likely N-dealkylation sites (N-methyl/N-ethyl adjacent to an activating group) is 1. The predicted molar refractivity (Wildman–Crippen MR) is 83.3 cm³/mol. The Balaban J connectivity index is 2.04. The molecular weight excluding hydrogens is 256 g/mol. The average Bonchev–Trinajstić information content (AvgIpc) is 2.81. The highest BCUT2D eigenvalue weighted by Crippen LogP contribution is 2.31. The number of nitrogens with one attached hydrogen (secondary N) is 1. The minimum atomic E-state index is 0.410. The Kier molecular flexibility index (Phi) is 5.19. The van der Waals surface area contributed by atoms with Gasteiger partial charge in [-0.3, -0.25) is 0 Å². The van der Waals surface area contributed by atoms with Crippen LogP contribution in [0.25, 0.3) is 0 Å². The van der Waals surface area contributed by atoms with Crippen molar-refractivity contribution in [3.63, 3.8) is 0 Å². The standard InChI is InChI=1S/C14H26N4S/c1-5-15-11(3)13-12(4)16-14(19-13)18-9-7-17(6-2)8-10-18/h11,15H,5-10H2,1-4H3. The van der Waals surface area contributed by atoms with Gasteiger partial charge in [-0.25, -0.2) is 4.98 Å². The zero-order valence-electron chi connectivity index (χ0n) is 12.6. The number of hydrogen-bond acceptors (Lipinski definition) is 5. The van der Waals surface area contributed by atoms with Gasteiger partial charge in [0.2, 0.25) is 0 Å². The molecule has 0 aliphatic carbocycles. The number of aryl methyl sites for hydroxylation is 1. The van der Waals surface area contributed by atoms with Gasteiger partial charge in [-0.15, -0.1) is 11.3 Å². The maximum atomic E-state index is 4.77. The molecule has 2 rings (SSSR count). The van der Waals surface area contributed by atoms with Crippen LogP contribution in [0.1, 0.15) is 37.4 Å². The van der Waals surface area contributed by atoms with Gasteiger partial charge in [-0.1, -0.05) is 13.8 Å². The average molecular weight is 282 g/mol. The van der Waals surface area contributed by atoms with Gasteiger partial charge in [0.1, 0.15) is 0 Å². The molecule has 2 heterocycles. The van der Waals surface area contributed by atoms with E-state index in [0.717, 1.165) is 39.3 Å². The Bertz CT molecular complexity index is 396. The van der Waals surface area contributed by atoms with E-state index in [2.05, 4.69) is 42.8 Å². The third kappa shape index (κ3) is 3.46. The van der Waals surface area contributed by atoms with Gasteiger partial charge in [0.05, 0.1) is 5.69 Å². The smallest absolute Gasteiger partial charge is 0.185 e. The van der Waals surface area contributed by atoms with Crippen LogP contribution in [0.4, 0.5) is 5.13 Å². The topological polar surface area (TPSA) is 31.4 Å². The van der Waals surface area contributed by atoms with Crippen molar-refractivity contribution in [3.8, 4) is 0 Å². The summed E-state index contributed by atoms with van der Waals surface area (Å²) in [5, 5.41) is 4.68. The lowest BCUT2D eigenvalue weighted by molar-refractivity contribution is 0.271. The van der Waals surface area contributed by atoms with Gasteiger partial charge in [-0.05, 0) is 26.9 Å². The molecule has 0 bridgehead atoms. The molecule has 5 heteroatoms. The van der Waals surface area contributed by atoms with Crippen molar-refractivity contribution < 1.29 is 0 Å². The molecule has 0 saturated carbocycles. The van der Waals surface area contributed by atoms with E-state index < -0.39 is 0 Å². The Morgan fingerprint density at radius 1 is 1.26 bits per heavy atom. The highest BCUT2D eigenvalue weighted by Gasteiger charge is 2.21. The fourth-order valence-corrected chi connectivity index (χ4v) is 3.73. The molecule has 0 spiro atoms. The molecule has 1 aromatic rings. The second-order valence-electron chi connectivity index (χ2n) is 5.15. The van der Waals surface area contributed by atoms with Crippen LogP contribution in [0.2, 0.25) is 0 Å². The Hall–Kier alpha value is -0.650. The second kappa shape index (κ2) is 6.68. The first-order valence-electron chi connectivity index (χ1n) is 7.33. The summed E-state index contributed by atoms with van der Waals surface area (Å²) in [6.07, 6.45) is 0. The van der Waals surface area contributed by atoms with Crippen molar-refractivity contribution in [1.82, 2.24) is 15.2 Å². The molecule has 1 atom stereocenters. The molecule has 1 unspecified atom stereocenters. The van der Waals surface area contributed by atoms with E-state index in [9.17, 15) is 0 Å². The molecule has 1 N–H and O–H groups in total. The van der Waals surface area contributed by atoms with E-state index in [1.54, 1.807) is 0 Å². The Morgan fingerprint density at radius 3 is 2.53 bits per heavy atom. The number of thiazole rings is 1. The quantitative estimate of drug-likeness (QED) is 0.897. The minimum absolute atomic E-state index is 0.410. The first-order chi connectivity index (χ1) is 9.15. The van der Waals surface area contributed by atoms with Crippen LogP contribution in [0.15, 0.2) is 0 Å². The molecule has 0 aromatic carbocycles. The third-order valence-electron chi connectivity index (χ3n) is 3.81. The van der Waals surface area contributed by atoms with E-state index in [1.165, 1.54) is 15.7 Å². The van der Waals surface area contributed by atoms with Gasteiger partial charge in [0.15, 0.2) is 5.13 Å². The monoisotopic (exact) mass is 282 g/mol. The summed E-state index contributed by atoms with van der Waals surface area (Å²) in [7, 11) is 0. The normalized spacial score (nSPS) is 18.8. The van der Waals surface area contributed by atoms with Crippen molar-refractivity contribution in [2.75, 3.05) is 44.2 Å². The van der Waals surface area contributed by atoms with Gasteiger partial charge < -0.3 is 15.1 Å². The summed E-state index contributed by atoms with van der Waals surface area (Å²) in [4.78, 5) is 11.1. The number of anilines is 1. The molecule has 1 aliphatic heterocycles. The number of piperazine rings is 1. The summed E-state index contributed by atoms with van der Waals surface area (Å²) in [5.41, 5.74) is 1.19. The van der Waals surface area contributed by atoms with Crippen LogP contribution in [0.5, 0.6) is 0 Å². The van der Waals surface area contributed by atoms with Crippen LogP contribution in [0.3, 0.4) is 0 Å². The van der Waals surface area contributed by atoms with Crippen molar-refractivity contribution in [2.45, 2.75) is 33.7 Å². The summed E-state index contributed by atoms with van der Waals surface area (Å²) < 4.78 is 0. The fraction of sp³-hybridized carbons (Fsp3) is 0.786. The number of rotatable bonds is 5. The van der Waals surface area contributed by atoms with Gasteiger partial charge in [0.25, 0.3) is 0 Å². The van der Waals surface area contributed by atoms with Crippen LogP contribution < -0.4 is 10.2 Å². The zero-order chi connectivity index (χ0) is 13.8. The number of aromatic nitrogens is 1. The second-order valence-corrected chi connectivity index (χ2v) is 6.16. The van der Waals surface area contributed by atoms with Crippen LogP contribution in [0, 0.1) is 6.92 Å². The molecule has 1 fully saturated rings. The Morgan fingerprint density at radius 2 is 1.95 bits per heavy atom. The van der Waals surface area contributed by atoms with Crippen molar-refractivity contribution in [2.24, 2.45) is 0 Å². The SMILES string of the molecule is CCNC(C)c1sc(N2CCN(CC)CC2)nc1C. The zero-order valence-corrected chi connectivity index (χ0v) is 13.4. The molecule has 0 radical (unpaired) electrons. The van der Waals surface area contributed by atoms with E-state index in [-0.39, 0.29) is 0 Å². The lowest BCUT2D eigenvalue weighted by Crippen LogP contribution is -2.46. The lowest BCUT2D eigenvalue weighted by Gasteiger charge is -2.33. The predicted octanol–water partition coefficient (Wildman–Crippen LogP) is 2.26.